The highest BCUT2D eigenvalue weighted by atomic mass is 79.9. The maximum Gasteiger partial charge on any atom is 0.272 e. The van der Waals surface area contributed by atoms with Crippen LogP contribution in [0.5, 0.6) is 5.75 Å². The summed E-state index contributed by atoms with van der Waals surface area (Å²) < 4.78 is 2.04. The summed E-state index contributed by atoms with van der Waals surface area (Å²) >= 11 is 3.41. The highest BCUT2D eigenvalue weighted by molar-refractivity contribution is 9.10. The second-order valence-electron chi connectivity index (χ2n) is 7.83. The second-order valence-corrected chi connectivity index (χ2v) is 8.64. The summed E-state index contributed by atoms with van der Waals surface area (Å²) in [7, 11) is 0. The summed E-state index contributed by atoms with van der Waals surface area (Å²) in [5.41, 5.74) is 3.31. The summed E-state index contributed by atoms with van der Waals surface area (Å²) in [6, 6.07) is 11.4. The minimum Gasteiger partial charge on any atom is -0.508 e. The maximum absolute atomic E-state index is 13.1. The highest BCUT2D eigenvalue weighted by Gasteiger charge is 2.26. The van der Waals surface area contributed by atoms with Crippen molar-refractivity contribution < 1.29 is 5.11 Å². The number of halogens is 1. The summed E-state index contributed by atoms with van der Waals surface area (Å²) in [5, 5.41) is 20.1. The average Bonchev–Trinajstić information content (AvgIpc) is 2.78. The first-order valence-electron chi connectivity index (χ1n) is 10.3. The van der Waals surface area contributed by atoms with Gasteiger partial charge in [-0.15, -0.1) is 6.42 Å². The molecule has 0 atom stereocenters. The van der Waals surface area contributed by atoms with E-state index in [4.69, 9.17) is 6.42 Å². The second kappa shape index (κ2) is 9.04. The van der Waals surface area contributed by atoms with E-state index in [1.54, 1.807) is 18.2 Å². The lowest BCUT2D eigenvalue weighted by atomic mass is 10.1. The van der Waals surface area contributed by atoms with Gasteiger partial charge in [-0.1, -0.05) is 18.1 Å². The molecular formula is C24H22BrN5O2. The molecule has 1 aliphatic rings. The lowest BCUT2D eigenvalue weighted by Crippen LogP contribution is -2.47. The number of piperazine rings is 1. The van der Waals surface area contributed by atoms with Gasteiger partial charge < -0.3 is 10.0 Å². The van der Waals surface area contributed by atoms with Crippen LogP contribution in [-0.2, 0) is 13.1 Å². The number of aryl methyl sites for hydroxylation is 1. The van der Waals surface area contributed by atoms with Crippen LogP contribution < -0.4 is 10.5 Å². The first-order valence-corrected chi connectivity index (χ1v) is 11.0. The lowest BCUT2D eigenvalue weighted by molar-refractivity contribution is 0.247. The number of benzene rings is 1. The number of hydrogen-bond acceptors (Lipinski definition) is 6. The molecule has 0 spiro atoms. The molecule has 0 bridgehead atoms. The third-order valence-corrected chi connectivity index (χ3v) is 6.18. The monoisotopic (exact) mass is 491 g/mol. The number of rotatable bonds is 4. The van der Waals surface area contributed by atoms with E-state index in [0.717, 1.165) is 24.2 Å². The fraction of sp³-hybridized carbons (Fsp3) is 0.292. The molecule has 3 aromatic rings. The Bertz CT molecular complexity index is 1330. The largest absolute Gasteiger partial charge is 0.508 e. The van der Waals surface area contributed by atoms with E-state index < -0.39 is 5.56 Å². The number of aromatic hydroxyl groups is 1. The standard InChI is InChI=1S/C24H22BrN5O2/c1-3-8-30-19-6-7-21(25)27-22(19)23(18(14-26)24(30)32)29-11-9-28(10-12-29)15-17-5-4-16(2)13-20(17)31/h1,4-7,13,31H,8-12,15H2,2H3. The van der Waals surface area contributed by atoms with Crippen LogP contribution in [-0.4, -0.2) is 45.7 Å². The van der Waals surface area contributed by atoms with Crippen LogP contribution in [0.15, 0.2) is 39.7 Å². The van der Waals surface area contributed by atoms with Crippen molar-refractivity contribution in [2.24, 2.45) is 0 Å². The fourth-order valence-corrected chi connectivity index (χ4v) is 4.43. The Balaban J connectivity index is 1.67. The predicted octanol–water partition coefficient (Wildman–Crippen LogP) is 3.00. The molecule has 0 unspecified atom stereocenters. The molecule has 0 amide bonds. The molecule has 0 aliphatic carbocycles. The molecule has 1 aromatic carbocycles. The van der Waals surface area contributed by atoms with E-state index in [2.05, 4.69) is 37.8 Å². The third kappa shape index (κ3) is 4.08. The van der Waals surface area contributed by atoms with Gasteiger partial charge in [-0.2, -0.15) is 5.26 Å². The number of hydrogen-bond donors (Lipinski definition) is 1. The molecule has 1 saturated heterocycles. The van der Waals surface area contributed by atoms with Crippen molar-refractivity contribution in [2.45, 2.75) is 20.0 Å². The van der Waals surface area contributed by atoms with Crippen molar-refractivity contribution in [3.8, 4) is 24.2 Å². The molecule has 0 radical (unpaired) electrons. The van der Waals surface area contributed by atoms with Gasteiger partial charge >= 0.3 is 0 Å². The topological polar surface area (TPSA) is 85.4 Å². The zero-order chi connectivity index (χ0) is 22.8. The Morgan fingerprint density at radius 1 is 1.22 bits per heavy atom. The zero-order valence-corrected chi connectivity index (χ0v) is 19.3. The van der Waals surface area contributed by atoms with Crippen molar-refractivity contribution >= 4 is 32.7 Å². The van der Waals surface area contributed by atoms with Crippen LogP contribution >= 0.6 is 15.9 Å². The highest BCUT2D eigenvalue weighted by Crippen LogP contribution is 2.30. The number of phenols is 1. The van der Waals surface area contributed by atoms with E-state index in [0.29, 0.717) is 46.7 Å². The third-order valence-electron chi connectivity index (χ3n) is 5.74. The molecule has 3 heterocycles. The Morgan fingerprint density at radius 3 is 2.62 bits per heavy atom. The van der Waals surface area contributed by atoms with Gasteiger partial charge in [0.05, 0.1) is 17.7 Å². The number of aromatic nitrogens is 2. The van der Waals surface area contributed by atoms with Gasteiger partial charge in [0.1, 0.15) is 27.5 Å². The summed E-state index contributed by atoms with van der Waals surface area (Å²) in [4.78, 5) is 22.0. The van der Waals surface area contributed by atoms with Crippen molar-refractivity contribution in [2.75, 3.05) is 31.1 Å². The van der Waals surface area contributed by atoms with E-state index >= 15 is 0 Å². The minimum atomic E-state index is -0.399. The quantitative estimate of drug-likeness (QED) is 0.446. The van der Waals surface area contributed by atoms with Crippen molar-refractivity contribution in [1.82, 2.24) is 14.5 Å². The van der Waals surface area contributed by atoms with E-state index in [1.165, 1.54) is 4.57 Å². The van der Waals surface area contributed by atoms with E-state index in [-0.39, 0.29) is 12.1 Å². The molecule has 4 rings (SSSR count). The van der Waals surface area contributed by atoms with E-state index in [1.807, 2.05) is 24.0 Å². The Hall–Kier alpha value is -3.33. The van der Waals surface area contributed by atoms with Crippen molar-refractivity contribution in [1.29, 1.82) is 5.26 Å². The van der Waals surface area contributed by atoms with Crippen molar-refractivity contribution in [3.05, 3.63) is 62.0 Å². The zero-order valence-electron chi connectivity index (χ0n) is 17.7. The molecular weight excluding hydrogens is 470 g/mol. The minimum absolute atomic E-state index is 0.0583. The number of fused-ring (bicyclic) bond motifs is 1. The number of nitriles is 1. The molecule has 7 nitrogen and oxygen atoms in total. The molecule has 32 heavy (non-hydrogen) atoms. The van der Waals surface area contributed by atoms with Crippen LogP contribution in [0.4, 0.5) is 5.69 Å². The van der Waals surface area contributed by atoms with Crippen LogP contribution in [0, 0.1) is 30.6 Å². The Morgan fingerprint density at radius 2 is 1.97 bits per heavy atom. The van der Waals surface area contributed by atoms with Gasteiger partial charge in [0.25, 0.3) is 5.56 Å². The lowest BCUT2D eigenvalue weighted by Gasteiger charge is -2.36. The number of pyridine rings is 2. The van der Waals surface area contributed by atoms with Gasteiger partial charge in [0.2, 0.25) is 0 Å². The van der Waals surface area contributed by atoms with Crippen LogP contribution in [0.2, 0.25) is 0 Å². The molecule has 1 aliphatic heterocycles. The first kappa shape index (κ1) is 21.9. The first-order chi connectivity index (χ1) is 15.4. The number of nitrogens with zero attached hydrogens (tertiary/aromatic N) is 5. The smallest absolute Gasteiger partial charge is 0.272 e. The molecule has 8 heteroatoms. The Labute approximate surface area is 194 Å². The SMILES string of the molecule is C#CCn1c(=O)c(C#N)c(N2CCN(Cc3ccc(C)cc3O)CC2)c2nc(Br)ccc21. The summed E-state index contributed by atoms with van der Waals surface area (Å²) in [6.07, 6.45) is 5.46. The average molecular weight is 492 g/mol. The van der Waals surface area contributed by atoms with Gasteiger partial charge in [-0.3, -0.25) is 14.3 Å². The van der Waals surface area contributed by atoms with Crippen LogP contribution in [0.1, 0.15) is 16.7 Å². The maximum atomic E-state index is 13.1. The molecule has 1 fully saturated rings. The predicted molar refractivity (Wildman–Crippen MR) is 128 cm³/mol. The van der Waals surface area contributed by atoms with Crippen molar-refractivity contribution in [3.63, 3.8) is 0 Å². The molecule has 162 valence electrons. The van der Waals surface area contributed by atoms with Gasteiger partial charge in [0.15, 0.2) is 0 Å². The number of terminal acetylenes is 1. The summed E-state index contributed by atoms with van der Waals surface area (Å²) in [6.45, 7) is 5.36. The Kier molecular flexibility index (Phi) is 6.18. The fourth-order valence-electron chi connectivity index (χ4n) is 4.12. The molecule has 0 saturated carbocycles. The van der Waals surface area contributed by atoms with Crippen LogP contribution in [0.25, 0.3) is 11.0 Å². The van der Waals surface area contributed by atoms with Gasteiger partial charge in [-0.25, -0.2) is 4.98 Å². The molecule has 1 N–H and O–H groups in total. The van der Waals surface area contributed by atoms with Gasteiger partial charge in [-0.05, 0) is 46.6 Å². The van der Waals surface area contributed by atoms with E-state index in [9.17, 15) is 15.2 Å². The number of phenolic OH excluding ortho intramolecular Hbond substituents is 1. The van der Waals surface area contributed by atoms with Crippen LogP contribution in [0.3, 0.4) is 0 Å². The normalized spacial score (nSPS) is 14.3. The molecule has 2 aromatic heterocycles. The number of anilines is 1. The summed E-state index contributed by atoms with van der Waals surface area (Å²) in [5.74, 6) is 2.79. The van der Waals surface area contributed by atoms with Gasteiger partial charge in [0, 0.05) is 38.3 Å².